The average molecular weight is 320 g/mol. The van der Waals surface area contributed by atoms with Gasteiger partial charge in [0, 0.05) is 25.7 Å². The molecule has 0 spiro atoms. The van der Waals surface area contributed by atoms with E-state index in [-0.39, 0.29) is 24.1 Å². The van der Waals surface area contributed by atoms with Gasteiger partial charge in [-0.1, -0.05) is 0 Å². The van der Waals surface area contributed by atoms with Gasteiger partial charge in [0.25, 0.3) is 0 Å². The molecule has 0 radical (unpaired) electrons. The maximum Gasteiger partial charge on any atom is 0.309 e. The highest BCUT2D eigenvalue weighted by molar-refractivity contribution is 5.76. The second kappa shape index (κ2) is 7.03. The predicted molar refractivity (Wildman–Crippen MR) is 82.7 cm³/mol. The second-order valence-corrected chi connectivity index (χ2v) is 5.23. The summed E-state index contributed by atoms with van der Waals surface area (Å²) in [4.78, 5) is 22.3. The van der Waals surface area contributed by atoms with Gasteiger partial charge in [0.05, 0.1) is 16.7 Å². The molecule has 9 heteroatoms. The molecule has 2 aromatic rings. The molecule has 0 aliphatic heterocycles. The Morgan fingerprint density at radius 1 is 1.52 bits per heavy atom. The number of nitro groups is 1. The molecule has 1 unspecified atom stereocenters. The van der Waals surface area contributed by atoms with Crippen molar-refractivity contribution in [3.8, 4) is 0 Å². The lowest BCUT2D eigenvalue weighted by Crippen LogP contribution is -2.29. The minimum atomic E-state index is -0.479. The number of rotatable bonds is 7. The van der Waals surface area contributed by atoms with Crippen molar-refractivity contribution in [1.82, 2.24) is 24.9 Å². The predicted octanol–water partition coefficient (Wildman–Crippen LogP) is 1.58. The Morgan fingerprint density at radius 3 is 2.87 bits per heavy atom. The number of hydrogen-bond donors (Lipinski definition) is 1. The van der Waals surface area contributed by atoms with Crippen molar-refractivity contribution in [2.45, 2.75) is 46.3 Å². The van der Waals surface area contributed by atoms with Gasteiger partial charge in [0.15, 0.2) is 0 Å². The maximum atomic E-state index is 12.0. The Hall–Kier alpha value is -2.71. The Labute approximate surface area is 133 Å². The highest BCUT2D eigenvalue weighted by Gasteiger charge is 2.17. The van der Waals surface area contributed by atoms with Crippen molar-refractivity contribution in [1.29, 1.82) is 0 Å². The molecule has 0 aliphatic rings. The summed E-state index contributed by atoms with van der Waals surface area (Å²) in [6.07, 6.45) is 3.24. The van der Waals surface area contributed by atoms with Crippen LogP contribution >= 0.6 is 0 Å². The average Bonchev–Trinajstić information content (AvgIpc) is 3.11. The summed E-state index contributed by atoms with van der Waals surface area (Å²) >= 11 is 0. The molecule has 0 saturated heterocycles. The fourth-order valence-corrected chi connectivity index (χ4v) is 2.38. The molecule has 9 nitrogen and oxygen atoms in total. The fourth-order valence-electron chi connectivity index (χ4n) is 2.38. The lowest BCUT2D eigenvalue weighted by molar-refractivity contribution is -0.385. The minimum absolute atomic E-state index is 0.0365. The Morgan fingerprint density at radius 2 is 2.26 bits per heavy atom. The molecule has 0 bridgehead atoms. The zero-order valence-corrected chi connectivity index (χ0v) is 13.4. The van der Waals surface area contributed by atoms with Crippen LogP contribution in [0.1, 0.15) is 37.7 Å². The summed E-state index contributed by atoms with van der Waals surface area (Å²) in [5.74, 6) is -0.142. The number of nitrogens with one attached hydrogen (secondary N) is 1. The van der Waals surface area contributed by atoms with E-state index < -0.39 is 4.92 Å². The van der Waals surface area contributed by atoms with Crippen molar-refractivity contribution < 1.29 is 9.72 Å². The normalized spacial score (nSPS) is 12.1. The third-order valence-electron chi connectivity index (χ3n) is 3.56. The number of hydrogen-bond acceptors (Lipinski definition) is 5. The zero-order chi connectivity index (χ0) is 17.0. The smallest absolute Gasteiger partial charge is 0.309 e. The molecule has 124 valence electrons. The van der Waals surface area contributed by atoms with E-state index in [0.717, 1.165) is 12.2 Å². The van der Waals surface area contributed by atoms with Crippen LogP contribution in [0.2, 0.25) is 0 Å². The third-order valence-corrected chi connectivity index (χ3v) is 3.56. The second-order valence-electron chi connectivity index (χ2n) is 5.23. The highest BCUT2D eigenvalue weighted by atomic mass is 16.6. The molecule has 1 amide bonds. The van der Waals surface area contributed by atoms with Gasteiger partial charge in [-0.05, 0) is 26.8 Å². The Balaban J connectivity index is 1.90. The van der Waals surface area contributed by atoms with E-state index in [0.29, 0.717) is 12.2 Å². The number of nitrogens with zero attached hydrogens (tertiary/aromatic N) is 5. The summed E-state index contributed by atoms with van der Waals surface area (Å²) in [6, 6.07) is 1.72. The first-order valence-electron chi connectivity index (χ1n) is 7.41. The molecule has 0 saturated carbocycles. The Bertz CT molecular complexity index is 705. The lowest BCUT2D eigenvalue weighted by Gasteiger charge is -2.15. The number of carbonyl (C=O) groups excluding carboxylic acids is 1. The number of aromatic nitrogens is 4. The van der Waals surface area contributed by atoms with Gasteiger partial charge in [0.2, 0.25) is 5.91 Å². The highest BCUT2D eigenvalue weighted by Crippen LogP contribution is 2.15. The van der Waals surface area contributed by atoms with Crippen LogP contribution in [0.5, 0.6) is 0 Å². The number of carbonyl (C=O) groups is 1. The van der Waals surface area contributed by atoms with E-state index in [2.05, 4.69) is 15.5 Å². The van der Waals surface area contributed by atoms with Crippen molar-refractivity contribution in [2.24, 2.45) is 0 Å². The summed E-state index contributed by atoms with van der Waals surface area (Å²) in [6.45, 7) is 6.48. The van der Waals surface area contributed by atoms with Crippen molar-refractivity contribution in [3.63, 3.8) is 0 Å². The van der Waals surface area contributed by atoms with E-state index in [1.807, 2.05) is 24.6 Å². The van der Waals surface area contributed by atoms with Crippen molar-refractivity contribution in [3.05, 3.63) is 40.0 Å². The number of aryl methyl sites for hydroxylation is 3. The van der Waals surface area contributed by atoms with E-state index >= 15 is 0 Å². The summed E-state index contributed by atoms with van der Waals surface area (Å²) in [5, 5.41) is 21.9. The molecule has 23 heavy (non-hydrogen) atoms. The molecule has 2 rings (SSSR count). The Kier molecular flexibility index (Phi) is 5.09. The van der Waals surface area contributed by atoms with Gasteiger partial charge in [0.1, 0.15) is 11.9 Å². The molecule has 0 aliphatic carbocycles. The van der Waals surface area contributed by atoms with E-state index in [1.54, 1.807) is 13.1 Å². The van der Waals surface area contributed by atoms with Crippen molar-refractivity contribution >= 4 is 11.6 Å². The molecular formula is C14H20N6O3. The first-order chi connectivity index (χ1) is 10.9. The zero-order valence-electron chi connectivity index (χ0n) is 13.4. The van der Waals surface area contributed by atoms with Crippen LogP contribution in [0.25, 0.3) is 0 Å². The third kappa shape index (κ3) is 3.93. The lowest BCUT2D eigenvalue weighted by atomic mass is 10.2. The fraction of sp³-hybridized carbons (Fsp3) is 0.500. The van der Waals surface area contributed by atoms with E-state index in [1.165, 1.54) is 10.9 Å². The topological polar surface area (TPSA) is 108 Å². The van der Waals surface area contributed by atoms with Crippen LogP contribution in [0.15, 0.2) is 18.5 Å². The van der Waals surface area contributed by atoms with Gasteiger partial charge in [-0.15, -0.1) is 0 Å². The van der Waals surface area contributed by atoms with Crippen LogP contribution in [0.4, 0.5) is 5.69 Å². The first-order valence-corrected chi connectivity index (χ1v) is 7.41. The van der Waals surface area contributed by atoms with Gasteiger partial charge in [-0.3, -0.25) is 24.3 Å². The summed E-state index contributed by atoms with van der Waals surface area (Å²) in [5.41, 5.74) is 1.24. The standard InChI is InChI=1S/C14H20N6O3/c1-4-19-12(5-7-15-19)10(2)16-14(21)6-8-18-9-13(20(22)23)11(3)17-18/h5,7,9-10H,4,6,8H2,1-3H3,(H,16,21). The quantitative estimate of drug-likeness (QED) is 0.615. The molecule has 2 aromatic heterocycles. The molecule has 0 fully saturated rings. The summed E-state index contributed by atoms with van der Waals surface area (Å²) in [7, 11) is 0. The van der Waals surface area contributed by atoms with Crippen LogP contribution in [-0.2, 0) is 17.9 Å². The molecule has 1 N–H and O–H groups in total. The monoisotopic (exact) mass is 320 g/mol. The molecule has 0 aromatic carbocycles. The van der Waals surface area contributed by atoms with Crippen LogP contribution in [0.3, 0.4) is 0 Å². The SMILES string of the molecule is CCn1nccc1C(C)NC(=O)CCn1cc([N+](=O)[O-])c(C)n1. The van der Waals surface area contributed by atoms with E-state index in [9.17, 15) is 14.9 Å². The van der Waals surface area contributed by atoms with Gasteiger partial charge >= 0.3 is 5.69 Å². The molecule has 2 heterocycles. The van der Waals surface area contributed by atoms with Crippen LogP contribution < -0.4 is 5.32 Å². The van der Waals surface area contributed by atoms with E-state index in [4.69, 9.17) is 0 Å². The largest absolute Gasteiger partial charge is 0.348 e. The minimum Gasteiger partial charge on any atom is -0.348 e. The van der Waals surface area contributed by atoms with Gasteiger partial charge in [-0.25, -0.2) is 0 Å². The molecule has 1 atom stereocenters. The van der Waals surface area contributed by atoms with Crippen molar-refractivity contribution in [2.75, 3.05) is 0 Å². The van der Waals surface area contributed by atoms with Crippen LogP contribution in [-0.4, -0.2) is 30.4 Å². The maximum absolute atomic E-state index is 12.0. The number of amides is 1. The van der Waals surface area contributed by atoms with Gasteiger partial charge < -0.3 is 5.32 Å². The first kappa shape index (κ1) is 16.7. The van der Waals surface area contributed by atoms with Crippen LogP contribution in [0, 0.1) is 17.0 Å². The molecular weight excluding hydrogens is 300 g/mol. The summed E-state index contributed by atoms with van der Waals surface area (Å²) < 4.78 is 3.25. The van der Waals surface area contributed by atoms with Gasteiger partial charge in [-0.2, -0.15) is 10.2 Å².